The van der Waals surface area contributed by atoms with Gasteiger partial charge in [0, 0.05) is 41.2 Å². The molecule has 0 saturated carbocycles. The van der Waals surface area contributed by atoms with Gasteiger partial charge in [-0.1, -0.05) is 47.1 Å². The van der Waals surface area contributed by atoms with E-state index in [9.17, 15) is 24.6 Å². The number of aliphatic hydroxyl groups excluding tert-OH is 1. The summed E-state index contributed by atoms with van der Waals surface area (Å²) in [5, 5.41) is 27.8. The van der Waals surface area contributed by atoms with Crippen LogP contribution in [0.3, 0.4) is 0 Å². The molecule has 0 aliphatic carbocycles. The van der Waals surface area contributed by atoms with Gasteiger partial charge in [0.1, 0.15) is 0 Å². The Hall–Kier alpha value is -3.05. The maximum atomic E-state index is 13.9. The van der Waals surface area contributed by atoms with Gasteiger partial charge in [0.15, 0.2) is 5.60 Å². The molecule has 3 aliphatic heterocycles. The highest BCUT2D eigenvalue weighted by atomic mass is 79.9. The fourth-order valence-electron chi connectivity index (χ4n) is 6.31. The lowest BCUT2D eigenvalue weighted by molar-refractivity contribution is -0.139. The van der Waals surface area contributed by atoms with Crippen molar-refractivity contribution in [3.63, 3.8) is 0 Å². The average molecular weight is 640 g/mol. The summed E-state index contributed by atoms with van der Waals surface area (Å²) in [7, 11) is 0. The summed E-state index contributed by atoms with van der Waals surface area (Å²) in [6, 6.07) is 12.7. The SMILES string of the molecule is C[C@H](/C=C/CC(=O)N1CCC[C@H]1CO)[C@@]1(O)C(=O)N(Cc2cccc(NC(=O)C3CCCNC3)c2)c2ccc(Br)cc21. The largest absolute Gasteiger partial charge is 0.394 e. The zero-order chi connectivity index (χ0) is 29.9. The molecule has 3 aliphatic rings. The van der Waals surface area contributed by atoms with Crippen molar-refractivity contribution < 1.29 is 24.6 Å². The van der Waals surface area contributed by atoms with Gasteiger partial charge in [-0.25, -0.2) is 0 Å². The Morgan fingerprint density at radius 2 is 2.05 bits per heavy atom. The van der Waals surface area contributed by atoms with Gasteiger partial charge in [-0.3, -0.25) is 14.4 Å². The minimum atomic E-state index is -1.82. The molecule has 9 nitrogen and oxygen atoms in total. The number of fused-ring (bicyclic) bond motifs is 1. The van der Waals surface area contributed by atoms with Crippen molar-refractivity contribution in [3.8, 4) is 0 Å². The summed E-state index contributed by atoms with van der Waals surface area (Å²) >= 11 is 3.49. The topological polar surface area (TPSA) is 122 Å². The number of carbonyl (C=O) groups is 3. The molecule has 2 aromatic rings. The quantitative estimate of drug-likeness (QED) is 0.311. The van der Waals surface area contributed by atoms with Crippen LogP contribution in [0.2, 0.25) is 0 Å². The maximum absolute atomic E-state index is 13.9. The second-order valence-electron chi connectivity index (χ2n) is 11.5. The van der Waals surface area contributed by atoms with E-state index in [4.69, 9.17) is 0 Å². The van der Waals surface area contributed by atoms with Crippen LogP contribution in [0.15, 0.2) is 59.1 Å². The summed E-state index contributed by atoms with van der Waals surface area (Å²) < 4.78 is 0.742. The molecular formula is C32H39BrN4O5. The summed E-state index contributed by atoms with van der Waals surface area (Å²) in [6.45, 7) is 4.18. The second kappa shape index (κ2) is 13.1. The molecule has 224 valence electrons. The van der Waals surface area contributed by atoms with E-state index >= 15 is 0 Å². The van der Waals surface area contributed by atoms with Crippen LogP contribution in [0.5, 0.6) is 0 Å². The first-order valence-corrected chi connectivity index (χ1v) is 15.5. The first-order valence-electron chi connectivity index (χ1n) is 14.7. The van der Waals surface area contributed by atoms with Gasteiger partial charge < -0.3 is 30.6 Å². The van der Waals surface area contributed by atoms with Crippen LogP contribution in [-0.4, -0.2) is 65.1 Å². The van der Waals surface area contributed by atoms with Crippen LogP contribution in [0.1, 0.15) is 50.2 Å². The first-order chi connectivity index (χ1) is 20.2. The maximum Gasteiger partial charge on any atom is 0.264 e. The number of nitrogens with zero attached hydrogens (tertiary/aromatic N) is 2. The molecule has 2 aromatic carbocycles. The molecule has 0 aromatic heterocycles. The number of hydrogen-bond acceptors (Lipinski definition) is 6. The van der Waals surface area contributed by atoms with Gasteiger partial charge in [-0.05, 0) is 68.1 Å². The summed E-state index contributed by atoms with van der Waals surface area (Å²) in [4.78, 5) is 42.7. The van der Waals surface area contributed by atoms with Crippen molar-refractivity contribution in [2.24, 2.45) is 11.8 Å². The number of aliphatic hydroxyl groups is 2. The Kier molecular flexibility index (Phi) is 9.47. The fraction of sp³-hybridized carbons (Fsp3) is 0.469. The van der Waals surface area contributed by atoms with Crippen LogP contribution < -0.4 is 15.5 Å². The number of carbonyl (C=O) groups excluding carboxylic acids is 3. The summed E-state index contributed by atoms with van der Waals surface area (Å²) in [5.41, 5.74) is 0.786. The lowest BCUT2D eigenvalue weighted by atomic mass is 9.83. The smallest absolute Gasteiger partial charge is 0.264 e. The molecule has 4 N–H and O–H groups in total. The molecule has 2 fully saturated rings. The fourth-order valence-corrected chi connectivity index (χ4v) is 6.67. The number of benzene rings is 2. The Morgan fingerprint density at radius 1 is 1.21 bits per heavy atom. The third-order valence-corrected chi connectivity index (χ3v) is 9.21. The van der Waals surface area contributed by atoms with Gasteiger partial charge in [-0.2, -0.15) is 0 Å². The molecule has 0 spiro atoms. The van der Waals surface area contributed by atoms with E-state index in [2.05, 4.69) is 26.6 Å². The number of piperidine rings is 1. The molecule has 2 saturated heterocycles. The first kappa shape index (κ1) is 30.4. The lowest BCUT2D eigenvalue weighted by Crippen LogP contribution is -2.44. The molecule has 0 bridgehead atoms. The highest BCUT2D eigenvalue weighted by Crippen LogP contribution is 2.46. The third kappa shape index (κ3) is 6.17. The lowest BCUT2D eigenvalue weighted by Gasteiger charge is -2.28. The van der Waals surface area contributed by atoms with Crippen LogP contribution in [0, 0.1) is 11.8 Å². The van der Waals surface area contributed by atoms with E-state index < -0.39 is 17.4 Å². The van der Waals surface area contributed by atoms with Crippen molar-refractivity contribution in [2.45, 2.75) is 57.2 Å². The van der Waals surface area contributed by atoms with Crippen molar-refractivity contribution in [3.05, 3.63) is 70.2 Å². The molecule has 42 heavy (non-hydrogen) atoms. The highest BCUT2D eigenvalue weighted by molar-refractivity contribution is 9.10. The van der Waals surface area contributed by atoms with Gasteiger partial charge in [-0.15, -0.1) is 0 Å². The molecule has 5 rings (SSSR count). The molecule has 4 atom stereocenters. The van der Waals surface area contributed by atoms with Crippen molar-refractivity contribution in [1.82, 2.24) is 10.2 Å². The zero-order valence-electron chi connectivity index (χ0n) is 23.9. The average Bonchev–Trinajstić information content (AvgIpc) is 3.56. The van der Waals surface area contributed by atoms with E-state index in [-0.39, 0.29) is 43.3 Å². The number of rotatable bonds is 9. The van der Waals surface area contributed by atoms with Gasteiger partial charge in [0.2, 0.25) is 11.8 Å². The number of hydrogen-bond donors (Lipinski definition) is 4. The molecule has 0 radical (unpaired) electrons. The Balaban J connectivity index is 1.32. The Bertz CT molecular complexity index is 1360. The van der Waals surface area contributed by atoms with Gasteiger partial charge in [0.05, 0.1) is 30.8 Å². The van der Waals surface area contributed by atoms with Crippen LogP contribution in [0.4, 0.5) is 11.4 Å². The number of likely N-dealkylation sites (tertiary alicyclic amines) is 1. The third-order valence-electron chi connectivity index (χ3n) is 8.72. The molecule has 10 heteroatoms. The number of halogens is 1. The normalized spacial score (nSPS) is 24.7. The minimum Gasteiger partial charge on any atom is -0.394 e. The standard InChI is InChI=1S/C32H39BrN4O5/c1-21(6-2-11-29(39)36-15-5-10-26(36)20-38)32(42)27-17-24(33)12-13-28(27)37(31(32)41)19-22-7-3-9-25(16-22)35-30(40)23-8-4-14-34-18-23/h2-3,6-7,9,12-13,16-17,21,23,26,34,38,42H,4-5,8,10-11,14-15,18-20H2,1H3,(H,35,40)/b6-2+/t21-,23?,26+,32+/m1/s1. The van der Waals surface area contributed by atoms with Crippen molar-refractivity contribution in [1.29, 1.82) is 0 Å². The Labute approximate surface area is 255 Å². The molecule has 1 unspecified atom stereocenters. The van der Waals surface area contributed by atoms with Crippen molar-refractivity contribution in [2.75, 3.05) is 36.5 Å². The highest BCUT2D eigenvalue weighted by Gasteiger charge is 2.52. The van der Waals surface area contributed by atoms with Gasteiger partial charge >= 0.3 is 0 Å². The zero-order valence-corrected chi connectivity index (χ0v) is 25.5. The van der Waals surface area contributed by atoms with Gasteiger partial charge in [0.25, 0.3) is 5.91 Å². The van der Waals surface area contributed by atoms with Crippen LogP contribution in [-0.2, 0) is 26.5 Å². The predicted molar refractivity (Wildman–Crippen MR) is 165 cm³/mol. The van der Waals surface area contributed by atoms with Crippen molar-refractivity contribution >= 4 is 45.0 Å². The van der Waals surface area contributed by atoms with E-state index in [0.717, 1.165) is 42.3 Å². The minimum absolute atomic E-state index is 0.0168. The van der Waals surface area contributed by atoms with Crippen LogP contribution in [0.25, 0.3) is 0 Å². The van der Waals surface area contributed by atoms with E-state index in [1.165, 1.54) is 0 Å². The number of anilines is 2. The van der Waals surface area contributed by atoms with E-state index in [1.807, 2.05) is 36.4 Å². The monoisotopic (exact) mass is 638 g/mol. The molecule has 3 heterocycles. The molecular weight excluding hydrogens is 600 g/mol. The number of nitrogens with one attached hydrogen (secondary N) is 2. The number of amides is 3. The van der Waals surface area contributed by atoms with E-state index in [0.29, 0.717) is 30.0 Å². The Morgan fingerprint density at radius 3 is 2.81 bits per heavy atom. The van der Waals surface area contributed by atoms with E-state index in [1.54, 1.807) is 34.9 Å². The second-order valence-corrected chi connectivity index (χ2v) is 12.5. The molecule has 3 amide bonds. The summed E-state index contributed by atoms with van der Waals surface area (Å²) in [6.07, 6.45) is 7.07. The summed E-state index contributed by atoms with van der Waals surface area (Å²) in [5.74, 6) is -1.22. The van der Waals surface area contributed by atoms with Crippen LogP contribution >= 0.6 is 15.9 Å². The predicted octanol–water partition coefficient (Wildman–Crippen LogP) is 3.69.